The topological polar surface area (TPSA) is 126 Å². The van der Waals surface area contributed by atoms with Crippen LogP contribution in [0.15, 0.2) is 168 Å². The molecule has 0 unspecified atom stereocenters. The van der Waals surface area contributed by atoms with Gasteiger partial charge in [-0.05, 0) is 110 Å². The predicted octanol–water partition coefficient (Wildman–Crippen LogP) is 8.44. The van der Waals surface area contributed by atoms with Crippen LogP contribution in [-0.4, -0.2) is 85.3 Å². The number of pyridine rings is 2. The van der Waals surface area contributed by atoms with Gasteiger partial charge in [-0.25, -0.2) is 18.7 Å². The predicted molar refractivity (Wildman–Crippen MR) is 274 cm³/mol. The van der Waals surface area contributed by atoms with Gasteiger partial charge in [-0.1, -0.05) is 84.9 Å². The van der Waals surface area contributed by atoms with Crippen molar-refractivity contribution in [1.29, 1.82) is 0 Å². The molecule has 0 bridgehead atoms. The number of benzene rings is 4. The molecule has 356 valence electrons. The molecule has 70 heavy (non-hydrogen) atoms. The first-order valence-corrected chi connectivity index (χ1v) is 23.8. The van der Waals surface area contributed by atoms with Crippen molar-refractivity contribution in [3.63, 3.8) is 0 Å². The van der Waals surface area contributed by atoms with Crippen LogP contribution >= 0.6 is 0 Å². The Bertz CT molecular complexity index is 3100. The van der Waals surface area contributed by atoms with Crippen molar-refractivity contribution in [3.8, 4) is 44.8 Å². The number of aromatic nitrogens is 6. The molecule has 0 saturated carbocycles. The van der Waals surface area contributed by atoms with E-state index in [0.717, 1.165) is 56.7 Å². The van der Waals surface area contributed by atoms with Crippen molar-refractivity contribution in [1.82, 2.24) is 39.3 Å². The van der Waals surface area contributed by atoms with E-state index >= 15 is 0 Å². The Balaban J connectivity index is 0.000000174. The second kappa shape index (κ2) is 22.2. The van der Waals surface area contributed by atoms with Crippen molar-refractivity contribution in [2.24, 2.45) is 14.1 Å². The van der Waals surface area contributed by atoms with E-state index in [4.69, 9.17) is 9.97 Å². The lowest BCUT2D eigenvalue weighted by Crippen LogP contribution is -2.53. The summed E-state index contributed by atoms with van der Waals surface area (Å²) >= 11 is 0. The molecule has 10 rings (SSSR count). The number of nitrogens with one attached hydrogen (secondary N) is 2. The largest absolute Gasteiger partial charge is 0.354 e. The molecule has 0 amide bonds. The van der Waals surface area contributed by atoms with Crippen LogP contribution in [0.1, 0.15) is 24.0 Å². The van der Waals surface area contributed by atoms with Crippen molar-refractivity contribution in [2.45, 2.75) is 37.8 Å². The molecule has 4 aromatic carbocycles. The number of hydrogen-bond acceptors (Lipinski definition) is 10. The Labute approximate surface area is 406 Å². The average Bonchev–Trinajstić information content (AvgIpc) is 3.95. The Hall–Kier alpha value is -7.68. The monoisotopic (exact) mass is 938 g/mol. The summed E-state index contributed by atoms with van der Waals surface area (Å²) in [6.45, 7) is 5.12. The zero-order valence-electron chi connectivity index (χ0n) is 39.4. The van der Waals surface area contributed by atoms with Crippen molar-refractivity contribution in [3.05, 3.63) is 202 Å². The van der Waals surface area contributed by atoms with Gasteiger partial charge in [-0.2, -0.15) is 0 Å². The van der Waals surface area contributed by atoms with Gasteiger partial charge >= 0.3 is 0 Å². The van der Waals surface area contributed by atoms with Crippen molar-refractivity contribution in [2.75, 3.05) is 49.5 Å². The molecule has 0 aliphatic carbocycles. The van der Waals surface area contributed by atoms with Gasteiger partial charge in [0.2, 0.25) is 11.9 Å². The van der Waals surface area contributed by atoms with Gasteiger partial charge in [0.25, 0.3) is 11.1 Å². The number of rotatable bonds is 13. The van der Waals surface area contributed by atoms with Gasteiger partial charge in [-0.3, -0.25) is 33.6 Å². The number of hydrogen-bond donors (Lipinski definition) is 2. The fraction of sp³-hybridized carbons (Fsp3) is 0.250. The first kappa shape index (κ1) is 47.4. The van der Waals surface area contributed by atoms with Gasteiger partial charge in [0.1, 0.15) is 11.6 Å². The first-order chi connectivity index (χ1) is 34.2. The number of anilines is 2. The molecule has 2 saturated heterocycles. The van der Waals surface area contributed by atoms with E-state index in [1.165, 1.54) is 48.2 Å². The lowest BCUT2D eigenvalue weighted by atomic mass is 10.0. The van der Waals surface area contributed by atoms with Crippen LogP contribution in [-0.2, 0) is 26.9 Å². The maximum Gasteiger partial charge on any atom is 0.263 e. The Kier molecular flexibility index (Phi) is 15.0. The summed E-state index contributed by atoms with van der Waals surface area (Å²) in [6.07, 6.45) is 11.0. The van der Waals surface area contributed by atoms with Crippen LogP contribution in [0.25, 0.3) is 44.8 Å². The maximum absolute atomic E-state index is 13.7. The fourth-order valence-electron chi connectivity index (χ4n) is 9.40. The van der Waals surface area contributed by atoms with E-state index in [-0.39, 0.29) is 34.8 Å². The molecule has 6 heterocycles. The van der Waals surface area contributed by atoms with E-state index in [0.29, 0.717) is 52.1 Å². The van der Waals surface area contributed by atoms with Crippen LogP contribution in [0.2, 0.25) is 0 Å². The van der Waals surface area contributed by atoms with Crippen LogP contribution < -0.4 is 26.7 Å². The summed E-state index contributed by atoms with van der Waals surface area (Å²) in [5, 5.41) is 7.07. The minimum absolute atomic E-state index is 0.165. The molecule has 2 aliphatic heterocycles. The van der Waals surface area contributed by atoms with Crippen molar-refractivity contribution < 1.29 is 8.78 Å². The number of likely N-dealkylation sites (tertiary alicyclic amines) is 1. The SMILES string of the molecule is Cn1c(N2CCN[C@@H](Cc3ccccc3)C2)nc(-c2ccncc2)c(-c2ccc(F)cc2)c1=O.Cn1c(NC[C@H](Cc2ccccc2)N2CCCC2)nc(-c2ccncc2)c(-c2ccc(F)cc2)c1=O. The molecule has 12 nitrogen and oxygen atoms in total. The quantitative estimate of drug-likeness (QED) is 0.116. The van der Waals surface area contributed by atoms with E-state index in [1.54, 1.807) is 72.3 Å². The molecular formula is C56H56F2N10O2. The highest BCUT2D eigenvalue weighted by Crippen LogP contribution is 2.31. The second-order valence-corrected chi connectivity index (χ2v) is 17.8. The highest BCUT2D eigenvalue weighted by atomic mass is 19.1. The minimum atomic E-state index is -0.348. The van der Waals surface area contributed by atoms with Crippen LogP contribution in [0, 0.1) is 11.6 Å². The third-order valence-electron chi connectivity index (χ3n) is 13.1. The van der Waals surface area contributed by atoms with E-state index < -0.39 is 0 Å². The van der Waals surface area contributed by atoms with Gasteiger partial charge < -0.3 is 15.5 Å². The van der Waals surface area contributed by atoms with E-state index in [1.807, 2.05) is 36.4 Å². The standard InChI is InChI=1S/C29H30FN5O.C27H26FN5O/c1-34-28(36)26(22-9-11-24(30)12-10-22)27(23-13-15-31-16-14-23)33-29(34)32-20-25(35-17-5-6-18-35)19-21-7-3-2-4-8-21;1-32-26(34)24(20-7-9-22(28)10-8-20)25(21-11-13-29-14-12-21)31-27(32)33-16-15-30-23(18-33)17-19-5-3-2-4-6-19/h2-4,7-16,25H,5-6,17-20H2,1H3,(H,32,33);2-14,23,30H,15-18H2,1H3/t25-;23-/m00/s1. The smallest absolute Gasteiger partial charge is 0.263 e. The third kappa shape index (κ3) is 11.1. The molecule has 14 heteroatoms. The second-order valence-electron chi connectivity index (χ2n) is 17.8. The molecule has 2 fully saturated rings. The van der Waals surface area contributed by atoms with Gasteiger partial charge in [-0.15, -0.1) is 0 Å². The zero-order valence-corrected chi connectivity index (χ0v) is 39.4. The maximum atomic E-state index is 13.7. The summed E-state index contributed by atoms with van der Waals surface area (Å²) in [6, 6.07) is 40.7. The summed E-state index contributed by atoms with van der Waals surface area (Å²) in [7, 11) is 3.48. The average molecular weight is 939 g/mol. The molecular weight excluding hydrogens is 883 g/mol. The lowest BCUT2D eigenvalue weighted by Gasteiger charge is -2.35. The summed E-state index contributed by atoms with van der Waals surface area (Å²) < 4.78 is 30.3. The van der Waals surface area contributed by atoms with Crippen LogP contribution in [0.3, 0.4) is 0 Å². The molecule has 0 radical (unpaired) electrons. The number of nitrogens with zero attached hydrogens (tertiary/aromatic N) is 8. The molecule has 2 aliphatic rings. The van der Waals surface area contributed by atoms with Gasteiger partial charge in [0.05, 0.1) is 22.5 Å². The van der Waals surface area contributed by atoms with Crippen LogP contribution in [0.5, 0.6) is 0 Å². The number of piperazine rings is 1. The minimum Gasteiger partial charge on any atom is -0.354 e. The highest BCUT2D eigenvalue weighted by molar-refractivity contribution is 5.82. The molecule has 2 N–H and O–H groups in total. The molecule has 8 aromatic rings. The van der Waals surface area contributed by atoms with Crippen molar-refractivity contribution >= 4 is 11.9 Å². The van der Waals surface area contributed by atoms with Gasteiger partial charge in [0, 0.05) is 88.3 Å². The van der Waals surface area contributed by atoms with E-state index in [9.17, 15) is 18.4 Å². The molecule has 2 atom stereocenters. The lowest BCUT2D eigenvalue weighted by molar-refractivity contribution is 0.250. The van der Waals surface area contributed by atoms with E-state index in [2.05, 4.69) is 78.9 Å². The molecule has 4 aromatic heterocycles. The highest BCUT2D eigenvalue weighted by Gasteiger charge is 2.27. The number of halogens is 2. The third-order valence-corrected chi connectivity index (χ3v) is 13.1. The Morgan fingerprint density at radius 1 is 0.614 bits per heavy atom. The molecule has 0 spiro atoms. The normalized spacial score (nSPS) is 15.3. The Morgan fingerprint density at radius 3 is 1.69 bits per heavy atom. The first-order valence-electron chi connectivity index (χ1n) is 23.8. The zero-order chi connectivity index (χ0) is 48.4. The summed E-state index contributed by atoms with van der Waals surface area (Å²) in [5.74, 6) is 0.441. The summed E-state index contributed by atoms with van der Waals surface area (Å²) in [4.78, 5) is 50.1. The van der Waals surface area contributed by atoms with Crippen LogP contribution in [0.4, 0.5) is 20.7 Å². The van der Waals surface area contributed by atoms with Gasteiger partial charge in [0.15, 0.2) is 0 Å². The summed E-state index contributed by atoms with van der Waals surface area (Å²) in [5.41, 5.74) is 7.07. The fourth-order valence-corrected chi connectivity index (χ4v) is 9.40. The Morgan fingerprint density at radius 2 is 1.13 bits per heavy atom.